The monoisotopic (exact) mass is 205 g/mol. The number of carbonyl (C=O) groups excluding carboxylic acids is 1. The van der Waals surface area contributed by atoms with Gasteiger partial charge in [-0.25, -0.2) is 0 Å². The Bertz CT molecular complexity index is 182. The zero-order valence-electron chi connectivity index (χ0n) is 9.17. The molecule has 0 heterocycles. The van der Waals surface area contributed by atoms with Crippen LogP contribution in [0.2, 0.25) is 0 Å². The Kier molecular flexibility index (Phi) is 7.18. The lowest BCUT2D eigenvalue weighted by atomic mass is 10.1. The SMILES string of the molecule is CC=CC(=O)C(CC)[N+](C)(C)C.[Cl-]. The maximum atomic E-state index is 11.5. The topological polar surface area (TPSA) is 17.1 Å². The number of halogens is 1. The minimum absolute atomic E-state index is 0. The lowest BCUT2D eigenvalue weighted by Crippen LogP contribution is -3.00. The molecule has 0 fully saturated rings. The molecule has 0 rings (SSSR count). The van der Waals surface area contributed by atoms with Crippen molar-refractivity contribution in [1.82, 2.24) is 0 Å². The summed E-state index contributed by atoms with van der Waals surface area (Å²) in [7, 11) is 6.15. The molecule has 0 bridgehead atoms. The van der Waals surface area contributed by atoms with Gasteiger partial charge in [0.05, 0.1) is 21.1 Å². The Morgan fingerprint density at radius 2 is 1.85 bits per heavy atom. The molecule has 13 heavy (non-hydrogen) atoms. The number of allylic oxidation sites excluding steroid dienone is 1. The average molecular weight is 206 g/mol. The molecule has 1 unspecified atom stereocenters. The number of rotatable bonds is 4. The van der Waals surface area contributed by atoms with Gasteiger partial charge >= 0.3 is 0 Å². The van der Waals surface area contributed by atoms with Crippen LogP contribution in [0.5, 0.6) is 0 Å². The van der Waals surface area contributed by atoms with Gasteiger partial charge in [0.15, 0.2) is 6.04 Å². The molecule has 0 aromatic carbocycles. The van der Waals surface area contributed by atoms with E-state index in [1.54, 1.807) is 12.2 Å². The van der Waals surface area contributed by atoms with Gasteiger partial charge in [0.2, 0.25) is 5.78 Å². The molecule has 0 saturated heterocycles. The van der Waals surface area contributed by atoms with Crippen molar-refractivity contribution in [2.45, 2.75) is 26.3 Å². The van der Waals surface area contributed by atoms with E-state index >= 15 is 0 Å². The minimum Gasteiger partial charge on any atom is -1.00 e. The Balaban J connectivity index is 0. The molecule has 0 saturated carbocycles. The summed E-state index contributed by atoms with van der Waals surface area (Å²) < 4.78 is 0.708. The van der Waals surface area contributed by atoms with Gasteiger partial charge in [0, 0.05) is 6.42 Å². The predicted molar refractivity (Wildman–Crippen MR) is 51.9 cm³/mol. The number of ketones is 1. The van der Waals surface area contributed by atoms with Gasteiger partial charge in [-0.3, -0.25) is 4.79 Å². The van der Waals surface area contributed by atoms with Crippen LogP contribution in [0.25, 0.3) is 0 Å². The van der Waals surface area contributed by atoms with Crippen LogP contribution in [0.1, 0.15) is 20.3 Å². The van der Waals surface area contributed by atoms with Crippen LogP contribution in [0.15, 0.2) is 12.2 Å². The fraction of sp³-hybridized carbons (Fsp3) is 0.700. The Morgan fingerprint density at radius 3 is 2.08 bits per heavy atom. The first-order chi connectivity index (χ1) is 5.43. The minimum atomic E-state index is 0. The summed E-state index contributed by atoms with van der Waals surface area (Å²) in [4.78, 5) is 11.5. The van der Waals surface area contributed by atoms with E-state index in [0.717, 1.165) is 6.42 Å². The fourth-order valence-electron chi connectivity index (χ4n) is 1.41. The van der Waals surface area contributed by atoms with Gasteiger partial charge in [0.25, 0.3) is 0 Å². The van der Waals surface area contributed by atoms with Gasteiger partial charge < -0.3 is 16.9 Å². The molecule has 3 heteroatoms. The van der Waals surface area contributed by atoms with Gasteiger partial charge in [0.1, 0.15) is 0 Å². The molecule has 1 atom stereocenters. The van der Waals surface area contributed by atoms with E-state index in [4.69, 9.17) is 0 Å². The second-order valence-electron chi connectivity index (χ2n) is 3.94. The molecule has 0 aromatic heterocycles. The number of hydrogen-bond donors (Lipinski definition) is 0. The van der Waals surface area contributed by atoms with E-state index in [-0.39, 0.29) is 24.2 Å². The van der Waals surface area contributed by atoms with Crippen LogP contribution in [-0.4, -0.2) is 37.5 Å². The predicted octanol–water partition coefficient (Wildman–Crippen LogP) is -1.38. The zero-order chi connectivity index (χ0) is 9.78. The fourth-order valence-corrected chi connectivity index (χ4v) is 1.41. The Morgan fingerprint density at radius 1 is 1.38 bits per heavy atom. The first kappa shape index (κ1) is 15.1. The number of quaternary nitrogens is 1. The number of hydrogen-bond acceptors (Lipinski definition) is 1. The highest BCUT2D eigenvalue weighted by Crippen LogP contribution is 2.08. The second kappa shape index (κ2) is 6.17. The van der Waals surface area contributed by atoms with Crippen LogP contribution in [0.4, 0.5) is 0 Å². The maximum Gasteiger partial charge on any atom is 0.212 e. The van der Waals surface area contributed by atoms with Crippen molar-refractivity contribution in [3.63, 3.8) is 0 Å². The molecular formula is C10H20ClNO. The molecule has 0 N–H and O–H groups in total. The van der Waals surface area contributed by atoms with Crippen molar-refractivity contribution < 1.29 is 21.7 Å². The second-order valence-corrected chi connectivity index (χ2v) is 3.94. The summed E-state index contributed by atoms with van der Waals surface area (Å²) in [6, 6.07) is 0.0983. The van der Waals surface area contributed by atoms with E-state index < -0.39 is 0 Å². The van der Waals surface area contributed by atoms with Crippen molar-refractivity contribution in [1.29, 1.82) is 0 Å². The van der Waals surface area contributed by atoms with Gasteiger partial charge in [-0.2, -0.15) is 0 Å². The maximum absolute atomic E-state index is 11.5. The van der Waals surface area contributed by atoms with Crippen molar-refractivity contribution in [2.75, 3.05) is 21.1 Å². The molecular weight excluding hydrogens is 186 g/mol. The van der Waals surface area contributed by atoms with Crippen molar-refractivity contribution in [3.8, 4) is 0 Å². The van der Waals surface area contributed by atoms with Gasteiger partial charge in [-0.1, -0.05) is 13.0 Å². The van der Waals surface area contributed by atoms with E-state index in [9.17, 15) is 4.79 Å². The van der Waals surface area contributed by atoms with Crippen LogP contribution in [0.3, 0.4) is 0 Å². The summed E-state index contributed by atoms with van der Waals surface area (Å²) in [5.74, 6) is 0.229. The van der Waals surface area contributed by atoms with E-state index in [0.29, 0.717) is 4.48 Å². The summed E-state index contributed by atoms with van der Waals surface area (Å²) in [5, 5.41) is 0. The third-order valence-electron chi connectivity index (χ3n) is 1.98. The third kappa shape index (κ3) is 5.06. The standard InChI is InChI=1S/C10H20NO.ClH/c1-6-8-10(12)9(7-2)11(3,4)5;/h6,8-9H,7H2,1-5H3;1H/q+1;/p-1. The van der Waals surface area contributed by atoms with Crippen LogP contribution in [0, 0.1) is 0 Å². The van der Waals surface area contributed by atoms with E-state index in [2.05, 4.69) is 28.1 Å². The first-order valence-electron chi connectivity index (χ1n) is 4.41. The Labute approximate surface area is 87.6 Å². The van der Waals surface area contributed by atoms with Gasteiger partial charge in [-0.05, 0) is 13.0 Å². The van der Waals surface area contributed by atoms with Crippen LogP contribution >= 0.6 is 0 Å². The highest BCUT2D eigenvalue weighted by molar-refractivity contribution is 5.93. The highest BCUT2D eigenvalue weighted by Gasteiger charge is 2.27. The van der Waals surface area contributed by atoms with E-state index in [1.807, 2.05) is 6.92 Å². The van der Waals surface area contributed by atoms with Crippen molar-refractivity contribution in [2.24, 2.45) is 0 Å². The molecule has 0 aliphatic carbocycles. The lowest BCUT2D eigenvalue weighted by molar-refractivity contribution is -0.886. The average Bonchev–Trinajstić information content (AvgIpc) is 1.85. The summed E-state index contributed by atoms with van der Waals surface area (Å²) >= 11 is 0. The summed E-state index contributed by atoms with van der Waals surface area (Å²) in [6.45, 7) is 3.93. The molecule has 0 amide bonds. The molecule has 0 aromatic rings. The number of likely N-dealkylation sites (N-methyl/N-ethyl adjacent to an activating group) is 1. The molecule has 78 valence electrons. The largest absolute Gasteiger partial charge is 1.00 e. The van der Waals surface area contributed by atoms with Gasteiger partial charge in [-0.15, -0.1) is 0 Å². The number of carbonyl (C=O) groups is 1. The van der Waals surface area contributed by atoms with Crippen molar-refractivity contribution in [3.05, 3.63) is 12.2 Å². The highest BCUT2D eigenvalue weighted by atomic mass is 35.5. The molecule has 2 nitrogen and oxygen atoms in total. The first-order valence-corrected chi connectivity index (χ1v) is 4.41. The third-order valence-corrected chi connectivity index (χ3v) is 1.98. The normalized spacial score (nSPS) is 13.9. The number of nitrogens with zero attached hydrogens (tertiary/aromatic N) is 1. The van der Waals surface area contributed by atoms with Crippen LogP contribution in [-0.2, 0) is 4.79 Å². The zero-order valence-corrected chi connectivity index (χ0v) is 9.93. The molecule has 0 aliphatic rings. The van der Waals surface area contributed by atoms with Crippen LogP contribution < -0.4 is 12.4 Å². The quantitative estimate of drug-likeness (QED) is 0.409. The Hall–Kier alpha value is -0.340. The summed E-state index contributed by atoms with van der Waals surface area (Å²) in [5.41, 5.74) is 0. The summed E-state index contributed by atoms with van der Waals surface area (Å²) in [6.07, 6.45) is 4.37. The van der Waals surface area contributed by atoms with E-state index in [1.165, 1.54) is 0 Å². The molecule has 0 spiro atoms. The molecule has 0 radical (unpaired) electrons. The molecule has 0 aliphatic heterocycles. The smallest absolute Gasteiger partial charge is 0.212 e. The van der Waals surface area contributed by atoms with Crippen molar-refractivity contribution >= 4 is 5.78 Å². The lowest BCUT2D eigenvalue weighted by Gasteiger charge is -2.31.